The third kappa shape index (κ3) is 4.07. The Morgan fingerprint density at radius 3 is 2.27 bits per heavy atom. The van der Waals surface area contributed by atoms with Crippen LogP contribution in [0.25, 0.3) is 0 Å². The first-order chi connectivity index (χ1) is 12.4. The van der Waals surface area contributed by atoms with Crippen LogP contribution >= 0.6 is 11.6 Å². The maximum Gasteiger partial charge on any atom is 0.243 e. The van der Waals surface area contributed by atoms with Crippen LogP contribution in [0.1, 0.15) is 6.92 Å². The molecule has 1 heterocycles. The van der Waals surface area contributed by atoms with Crippen LogP contribution in [-0.4, -0.2) is 44.8 Å². The zero-order valence-electron chi connectivity index (χ0n) is 14.4. The molecular formula is C18H21ClN3O3S+. The van der Waals surface area contributed by atoms with Crippen molar-refractivity contribution in [1.82, 2.24) is 4.31 Å². The summed E-state index contributed by atoms with van der Waals surface area (Å²) in [7, 11) is -3.55. The predicted octanol–water partition coefficient (Wildman–Crippen LogP) is 1.52. The molecule has 0 spiro atoms. The van der Waals surface area contributed by atoms with Gasteiger partial charge in [0.1, 0.15) is 10.7 Å². The second kappa shape index (κ2) is 7.75. The van der Waals surface area contributed by atoms with Gasteiger partial charge in [0.15, 0.2) is 0 Å². The van der Waals surface area contributed by atoms with Gasteiger partial charge in [-0.25, -0.2) is 8.42 Å². The summed E-state index contributed by atoms with van der Waals surface area (Å²) >= 11 is 6.25. The molecule has 0 aromatic heterocycles. The van der Waals surface area contributed by atoms with E-state index < -0.39 is 10.0 Å². The van der Waals surface area contributed by atoms with Crippen molar-refractivity contribution < 1.29 is 18.1 Å². The Balaban J connectivity index is 1.70. The first-order valence-electron chi connectivity index (χ1n) is 8.35. The van der Waals surface area contributed by atoms with Gasteiger partial charge >= 0.3 is 0 Å². The summed E-state index contributed by atoms with van der Waals surface area (Å²) in [5.74, 6) is -0.195. The Hall–Kier alpha value is -1.93. The Morgan fingerprint density at radius 2 is 1.69 bits per heavy atom. The minimum absolute atomic E-state index is 0.195. The van der Waals surface area contributed by atoms with Crippen LogP contribution in [-0.2, 0) is 14.8 Å². The SMILES string of the molecule is CC(=O)Nc1ccc(S(=O)(=O)N2CC[NH+](c3ccccc3Cl)CC2)cc1. The Bertz CT molecular complexity index is 892. The molecule has 1 amide bonds. The van der Waals surface area contributed by atoms with E-state index in [-0.39, 0.29) is 10.8 Å². The van der Waals surface area contributed by atoms with E-state index in [0.717, 1.165) is 5.69 Å². The van der Waals surface area contributed by atoms with Crippen molar-refractivity contribution in [1.29, 1.82) is 0 Å². The Labute approximate surface area is 158 Å². The third-order valence-corrected chi connectivity index (χ3v) is 6.64. The monoisotopic (exact) mass is 394 g/mol. The van der Waals surface area contributed by atoms with Gasteiger partial charge in [-0.1, -0.05) is 23.7 Å². The van der Waals surface area contributed by atoms with E-state index in [1.165, 1.54) is 28.3 Å². The molecule has 0 atom stereocenters. The molecular weight excluding hydrogens is 374 g/mol. The number of hydrogen-bond acceptors (Lipinski definition) is 3. The second-order valence-corrected chi connectivity index (χ2v) is 8.54. The lowest BCUT2D eigenvalue weighted by molar-refractivity contribution is -0.837. The summed E-state index contributed by atoms with van der Waals surface area (Å²) in [5.41, 5.74) is 1.58. The first-order valence-corrected chi connectivity index (χ1v) is 10.2. The quantitative estimate of drug-likeness (QED) is 0.826. The van der Waals surface area contributed by atoms with Crippen LogP contribution in [0.5, 0.6) is 0 Å². The van der Waals surface area contributed by atoms with Gasteiger partial charge in [0.2, 0.25) is 15.9 Å². The molecule has 2 aromatic carbocycles. The minimum atomic E-state index is -3.55. The number of carbonyl (C=O) groups is 1. The number of sulfonamides is 1. The van der Waals surface area contributed by atoms with Gasteiger partial charge in [-0.05, 0) is 30.3 Å². The highest BCUT2D eigenvalue weighted by Gasteiger charge is 2.31. The largest absolute Gasteiger partial charge is 0.326 e. The lowest BCUT2D eigenvalue weighted by atomic mass is 10.2. The van der Waals surface area contributed by atoms with E-state index in [1.54, 1.807) is 12.1 Å². The molecule has 0 radical (unpaired) electrons. The van der Waals surface area contributed by atoms with Crippen LogP contribution < -0.4 is 10.2 Å². The van der Waals surface area contributed by atoms with E-state index in [1.807, 2.05) is 24.3 Å². The molecule has 26 heavy (non-hydrogen) atoms. The number of carbonyl (C=O) groups excluding carboxylic acids is 1. The van der Waals surface area contributed by atoms with Gasteiger partial charge < -0.3 is 5.32 Å². The topological polar surface area (TPSA) is 70.9 Å². The molecule has 1 aliphatic heterocycles. The zero-order chi connectivity index (χ0) is 18.7. The average Bonchev–Trinajstić information content (AvgIpc) is 2.62. The van der Waals surface area contributed by atoms with E-state index in [4.69, 9.17) is 11.6 Å². The van der Waals surface area contributed by atoms with Gasteiger partial charge in [-0.3, -0.25) is 9.69 Å². The van der Waals surface area contributed by atoms with Crippen LogP contribution in [0.3, 0.4) is 0 Å². The summed E-state index contributed by atoms with van der Waals surface area (Å²) < 4.78 is 27.2. The Kier molecular flexibility index (Phi) is 5.62. The minimum Gasteiger partial charge on any atom is -0.326 e. The number of rotatable bonds is 4. The highest BCUT2D eigenvalue weighted by Crippen LogP contribution is 2.20. The molecule has 138 valence electrons. The van der Waals surface area contributed by atoms with Crippen LogP contribution in [0, 0.1) is 0 Å². The van der Waals surface area contributed by atoms with Crippen molar-refractivity contribution >= 4 is 38.9 Å². The summed E-state index contributed by atoms with van der Waals surface area (Å²) in [5, 5.41) is 3.33. The van der Waals surface area contributed by atoms with E-state index in [2.05, 4.69) is 5.32 Å². The predicted molar refractivity (Wildman–Crippen MR) is 101 cm³/mol. The molecule has 2 aromatic rings. The van der Waals surface area contributed by atoms with Crippen molar-refractivity contribution in [2.24, 2.45) is 0 Å². The number of quaternary nitrogens is 1. The summed E-state index contributed by atoms with van der Waals surface area (Å²) in [6.45, 7) is 3.58. The fourth-order valence-electron chi connectivity index (χ4n) is 3.08. The summed E-state index contributed by atoms with van der Waals surface area (Å²) in [4.78, 5) is 12.5. The number of anilines is 1. The molecule has 2 N–H and O–H groups in total. The molecule has 0 saturated carbocycles. The molecule has 1 fully saturated rings. The van der Waals surface area contributed by atoms with Crippen molar-refractivity contribution in [3.63, 3.8) is 0 Å². The van der Waals surface area contributed by atoms with Crippen molar-refractivity contribution in [2.75, 3.05) is 31.5 Å². The second-order valence-electron chi connectivity index (χ2n) is 6.19. The lowest BCUT2D eigenvalue weighted by Gasteiger charge is -2.31. The van der Waals surface area contributed by atoms with Crippen molar-refractivity contribution in [2.45, 2.75) is 11.8 Å². The zero-order valence-corrected chi connectivity index (χ0v) is 16.0. The fraction of sp³-hybridized carbons (Fsp3) is 0.278. The van der Waals surface area contributed by atoms with Crippen LogP contribution in [0.15, 0.2) is 53.4 Å². The number of piperazine rings is 1. The molecule has 3 rings (SSSR count). The number of hydrogen-bond donors (Lipinski definition) is 2. The van der Waals surface area contributed by atoms with E-state index >= 15 is 0 Å². The van der Waals surface area contributed by atoms with Gasteiger partial charge in [0.25, 0.3) is 0 Å². The fourth-order valence-corrected chi connectivity index (χ4v) is 4.79. The normalized spacial score (nSPS) is 16.4. The molecule has 8 heteroatoms. The number of para-hydroxylation sites is 1. The van der Waals surface area contributed by atoms with Gasteiger partial charge in [-0.15, -0.1) is 0 Å². The van der Waals surface area contributed by atoms with Gasteiger partial charge in [-0.2, -0.15) is 4.31 Å². The number of nitrogens with one attached hydrogen (secondary N) is 2. The van der Waals surface area contributed by atoms with Crippen LogP contribution in [0.2, 0.25) is 5.02 Å². The maximum atomic E-state index is 12.8. The Morgan fingerprint density at radius 1 is 1.08 bits per heavy atom. The molecule has 0 bridgehead atoms. The molecule has 0 aliphatic carbocycles. The highest BCUT2D eigenvalue weighted by molar-refractivity contribution is 7.89. The molecule has 0 unspecified atom stereocenters. The van der Waals surface area contributed by atoms with Gasteiger partial charge in [0, 0.05) is 18.7 Å². The number of nitrogens with zero attached hydrogens (tertiary/aromatic N) is 1. The lowest BCUT2D eigenvalue weighted by Crippen LogP contribution is -3.10. The first kappa shape index (κ1) is 18.8. The summed E-state index contributed by atoms with van der Waals surface area (Å²) in [6.07, 6.45) is 0. The van der Waals surface area contributed by atoms with Gasteiger partial charge in [0.05, 0.1) is 31.1 Å². The number of halogens is 1. The number of benzene rings is 2. The standard InChI is InChI=1S/C18H20ClN3O3S/c1-14(23)20-15-6-8-16(9-7-15)26(24,25)22-12-10-21(11-13-22)18-5-3-2-4-17(18)19/h2-9H,10-13H2,1H3,(H,20,23)/p+1. The molecule has 6 nitrogen and oxygen atoms in total. The molecule has 1 aliphatic rings. The molecule has 1 saturated heterocycles. The maximum absolute atomic E-state index is 12.8. The van der Waals surface area contributed by atoms with Crippen LogP contribution in [0.4, 0.5) is 11.4 Å². The average molecular weight is 395 g/mol. The van der Waals surface area contributed by atoms with E-state index in [0.29, 0.717) is 36.9 Å². The number of amides is 1. The highest BCUT2D eigenvalue weighted by atomic mass is 35.5. The third-order valence-electron chi connectivity index (χ3n) is 4.39. The smallest absolute Gasteiger partial charge is 0.243 e. The van der Waals surface area contributed by atoms with Crippen molar-refractivity contribution in [3.05, 3.63) is 53.6 Å². The summed E-state index contributed by atoms with van der Waals surface area (Å²) in [6, 6.07) is 13.9. The van der Waals surface area contributed by atoms with E-state index in [9.17, 15) is 13.2 Å². The van der Waals surface area contributed by atoms with Crippen molar-refractivity contribution in [3.8, 4) is 0 Å².